The van der Waals surface area contributed by atoms with Crippen LogP contribution in [0.1, 0.15) is 46.1 Å². The van der Waals surface area contributed by atoms with Crippen molar-refractivity contribution in [1.29, 1.82) is 0 Å². The minimum Gasteiger partial charge on any atom is -0.487 e. The number of carboxylic acids is 1. The molecule has 10 heteroatoms. The Balaban J connectivity index is 1.54. The number of ether oxygens (including phenoxy) is 2. The summed E-state index contributed by atoms with van der Waals surface area (Å²) >= 11 is 1.12. The summed E-state index contributed by atoms with van der Waals surface area (Å²) in [5, 5.41) is 10.9. The van der Waals surface area contributed by atoms with Gasteiger partial charge in [-0.1, -0.05) is 19.1 Å². The van der Waals surface area contributed by atoms with Gasteiger partial charge in [-0.25, -0.2) is 9.78 Å². The molecule has 1 N–H and O–H groups in total. The van der Waals surface area contributed by atoms with E-state index in [1.165, 1.54) is 16.4 Å². The van der Waals surface area contributed by atoms with Gasteiger partial charge in [0.25, 0.3) is 10.0 Å². The van der Waals surface area contributed by atoms with Crippen molar-refractivity contribution in [2.24, 2.45) is 5.41 Å². The largest absolute Gasteiger partial charge is 0.487 e. The first-order valence-corrected chi connectivity index (χ1v) is 14.1. The monoisotopic (exact) mass is 528 g/mol. The fourth-order valence-electron chi connectivity index (χ4n) is 4.54. The average molecular weight is 529 g/mol. The summed E-state index contributed by atoms with van der Waals surface area (Å²) in [7, 11) is -3.94. The molecule has 1 aliphatic carbocycles. The summed E-state index contributed by atoms with van der Waals surface area (Å²) in [5.74, 6) is -0.506. The second-order valence-corrected chi connectivity index (χ2v) is 12.7. The normalized spacial score (nSPS) is 16.3. The van der Waals surface area contributed by atoms with Crippen LogP contribution in [0.25, 0.3) is 0 Å². The van der Waals surface area contributed by atoms with E-state index in [0.29, 0.717) is 30.3 Å². The van der Waals surface area contributed by atoms with Gasteiger partial charge in [-0.3, -0.25) is 4.31 Å². The molecule has 1 aliphatic heterocycles. The van der Waals surface area contributed by atoms with Crippen molar-refractivity contribution in [2.45, 2.75) is 44.1 Å². The van der Waals surface area contributed by atoms with E-state index in [1.54, 1.807) is 24.4 Å². The first-order chi connectivity index (χ1) is 17.1. The third-order valence-corrected chi connectivity index (χ3v) is 9.68. The highest BCUT2D eigenvalue weighted by molar-refractivity contribution is 7.94. The van der Waals surface area contributed by atoms with Crippen molar-refractivity contribution >= 4 is 33.0 Å². The van der Waals surface area contributed by atoms with Gasteiger partial charge in [0, 0.05) is 23.0 Å². The van der Waals surface area contributed by atoms with Gasteiger partial charge in [0.1, 0.15) is 12.4 Å². The molecule has 0 unspecified atom stereocenters. The van der Waals surface area contributed by atoms with Crippen molar-refractivity contribution in [3.05, 3.63) is 69.7 Å². The van der Waals surface area contributed by atoms with E-state index in [-0.39, 0.29) is 28.5 Å². The Kier molecular flexibility index (Phi) is 6.52. The molecule has 2 heterocycles. The minimum atomic E-state index is -3.94. The van der Waals surface area contributed by atoms with Gasteiger partial charge < -0.3 is 14.6 Å². The molecule has 2 aliphatic rings. The van der Waals surface area contributed by atoms with E-state index in [0.717, 1.165) is 47.3 Å². The van der Waals surface area contributed by atoms with Crippen LogP contribution in [-0.4, -0.2) is 44.2 Å². The van der Waals surface area contributed by atoms with Crippen molar-refractivity contribution in [3.63, 3.8) is 0 Å². The van der Waals surface area contributed by atoms with Crippen LogP contribution in [-0.2, 0) is 34.2 Å². The third-order valence-electron chi connectivity index (χ3n) is 6.57. The number of benzene rings is 2. The predicted octanol–water partition coefficient (Wildman–Crippen LogP) is 4.45. The molecule has 2 aromatic carbocycles. The fraction of sp³-hybridized carbons (Fsp3) is 0.385. The summed E-state index contributed by atoms with van der Waals surface area (Å²) in [4.78, 5) is 15.5. The van der Waals surface area contributed by atoms with Crippen LogP contribution in [0.5, 0.6) is 5.75 Å². The van der Waals surface area contributed by atoms with Crippen LogP contribution < -0.4 is 9.04 Å². The Morgan fingerprint density at radius 3 is 2.47 bits per heavy atom. The number of aromatic nitrogens is 1. The van der Waals surface area contributed by atoms with Crippen LogP contribution in [0, 0.1) is 12.3 Å². The smallest absolute Gasteiger partial charge is 0.335 e. The van der Waals surface area contributed by atoms with Gasteiger partial charge in [0.2, 0.25) is 4.34 Å². The van der Waals surface area contributed by atoms with Crippen LogP contribution >= 0.6 is 11.3 Å². The molecule has 1 saturated heterocycles. The fourth-order valence-corrected chi connectivity index (χ4v) is 7.29. The lowest BCUT2D eigenvalue weighted by Crippen LogP contribution is -2.50. The molecule has 0 saturated carbocycles. The zero-order valence-electron chi connectivity index (χ0n) is 20.2. The summed E-state index contributed by atoms with van der Waals surface area (Å²) in [6, 6.07) is 10.4. The second-order valence-electron chi connectivity index (χ2n) is 9.80. The lowest BCUT2D eigenvalue weighted by molar-refractivity contribution is -0.0941. The van der Waals surface area contributed by atoms with Crippen molar-refractivity contribution in [3.8, 4) is 5.75 Å². The topological polar surface area (TPSA) is 106 Å². The molecule has 5 rings (SSSR count). The molecule has 8 nitrogen and oxygen atoms in total. The highest BCUT2D eigenvalue weighted by atomic mass is 32.2. The third kappa shape index (κ3) is 4.85. The molecule has 3 aromatic rings. The first-order valence-electron chi connectivity index (χ1n) is 11.8. The quantitative estimate of drug-likeness (QED) is 0.437. The zero-order chi connectivity index (χ0) is 25.5. The maximum absolute atomic E-state index is 13.9. The van der Waals surface area contributed by atoms with E-state index in [9.17, 15) is 13.2 Å². The second kappa shape index (κ2) is 9.49. The number of carboxylic acid groups (broad SMARTS) is 1. The highest BCUT2D eigenvalue weighted by Gasteiger charge is 2.41. The van der Waals surface area contributed by atoms with E-state index >= 15 is 0 Å². The molecule has 190 valence electrons. The maximum atomic E-state index is 13.9. The highest BCUT2D eigenvalue weighted by Crippen LogP contribution is 2.41. The van der Waals surface area contributed by atoms with E-state index in [1.807, 2.05) is 19.1 Å². The molecule has 0 bridgehead atoms. The average Bonchev–Trinajstić information content (AvgIpc) is 3.48. The SMILES string of the molecule is Cc1csc(S(=O)(=O)N(CC2(C)COC2)c2cc3c(cc2OCc2ccc(C(=O)O)cc2)CCC3)n1. The number of aryl methyl sites for hydroxylation is 3. The number of nitrogens with zero attached hydrogens (tertiary/aromatic N) is 2. The van der Waals surface area contributed by atoms with E-state index in [2.05, 4.69) is 4.98 Å². The summed E-state index contributed by atoms with van der Waals surface area (Å²) in [6.45, 7) is 5.18. The summed E-state index contributed by atoms with van der Waals surface area (Å²) in [5.41, 5.74) is 4.12. The van der Waals surface area contributed by atoms with Crippen LogP contribution in [0.3, 0.4) is 0 Å². The Bertz CT molecular complexity index is 1390. The van der Waals surface area contributed by atoms with E-state index in [4.69, 9.17) is 14.6 Å². The Hall–Kier alpha value is -2.95. The Morgan fingerprint density at radius 1 is 1.19 bits per heavy atom. The molecule has 0 spiro atoms. The van der Waals surface area contributed by atoms with Crippen molar-refractivity contribution in [2.75, 3.05) is 24.1 Å². The maximum Gasteiger partial charge on any atom is 0.335 e. The number of fused-ring (bicyclic) bond motifs is 1. The molecule has 0 amide bonds. The predicted molar refractivity (Wildman–Crippen MR) is 137 cm³/mol. The van der Waals surface area contributed by atoms with Crippen molar-refractivity contribution < 1.29 is 27.8 Å². The Labute approximate surface area is 214 Å². The lowest BCUT2D eigenvalue weighted by atomic mass is 9.88. The molecule has 36 heavy (non-hydrogen) atoms. The molecular weight excluding hydrogens is 500 g/mol. The number of thiazole rings is 1. The van der Waals surface area contributed by atoms with Crippen LogP contribution in [0.2, 0.25) is 0 Å². The molecule has 0 radical (unpaired) electrons. The molecule has 0 atom stereocenters. The minimum absolute atomic E-state index is 0.0551. The number of hydrogen-bond donors (Lipinski definition) is 1. The molecular formula is C26H28N2O6S2. The number of sulfonamides is 1. The summed E-state index contributed by atoms with van der Waals surface area (Å²) < 4.78 is 41.0. The molecule has 1 aromatic heterocycles. The standard InChI is InChI=1S/C26H28N2O6S2/c1-17-13-35-25(27-17)36(31,32)28(14-26(2)15-33-16-26)22-10-20-4-3-5-21(20)11-23(22)34-12-18-6-8-19(9-7-18)24(29)30/h6-11,13H,3-5,12,14-16H2,1-2H3,(H,29,30). The first kappa shape index (κ1) is 24.7. The zero-order valence-corrected chi connectivity index (χ0v) is 21.8. The lowest BCUT2D eigenvalue weighted by Gasteiger charge is -2.42. The van der Waals surface area contributed by atoms with Crippen LogP contribution in [0.15, 0.2) is 46.1 Å². The van der Waals surface area contributed by atoms with E-state index < -0.39 is 16.0 Å². The van der Waals surface area contributed by atoms with Gasteiger partial charge in [-0.15, -0.1) is 11.3 Å². The number of carbonyl (C=O) groups is 1. The van der Waals surface area contributed by atoms with Crippen LogP contribution in [0.4, 0.5) is 5.69 Å². The van der Waals surface area contributed by atoms with Gasteiger partial charge in [-0.05, 0) is 67.1 Å². The Morgan fingerprint density at radius 2 is 1.89 bits per heavy atom. The number of hydrogen-bond acceptors (Lipinski definition) is 7. The molecule has 1 fully saturated rings. The van der Waals surface area contributed by atoms with Gasteiger partial charge in [-0.2, -0.15) is 8.42 Å². The van der Waals surface area contributed by atoms with Crippen molar-refractivity contribution in [1.82, 2.24) is 4.98 Å². The van der Waals surface area contributed by atoms with Gasteiger partial charge in [0.05, 0.1) is 24.5 Å². The van der Waals surface area contributed by atoms with Gasteiger partial charge >= 0.3 is 5.97 Å². The number of rotatable bonds is 9. The number of anilines is 1. The summed E-state index contributed by atoms with van der Waals surface area (Å²) in [6.07, 6.45) is 2.83. The number of aromatic carboxylic acids is 1. The van der Waals surface area contributed by atoms with Gasteiger partial charge in [0.15, 0.2) is 0 Å².